The molecule has 0 spiro atoms. The first kappa shape index (κ1) is 15.0. The lowest BCUT2D eigenvalue weighted by Crippen LogP contribution is -2.39. The second-order valence-corrected chi connectivity index (χ2v) is 5.73. The van der Waals surface area contributed by atoms with Gasteiger partial charge in [0.2, 0.25) is 5.91 Å². The first-order valence-electron chi connectivity index (χ1n) is 7.67. The zero-order chi connectivity index (χ0) is 15.4. The summed E-state index contributed by atoms with van der Waals surface area (Å²) >= 11 is 0. The quantitative estimate of drug-likeness (QED) is 0.897. The van der Waals surface area contributed by atoms with Crippen molar-refractivity contribution in [3.63, 3.8) is 0 Å². The molecule has 0 unspecified atom stereocenters. The molecule has 0 aliphatic carbocycles. The lowest BCUT2D eigenvalue weighted by atomic mass is 10.0. The van der Waals surface area contributed by atoms with E-state index in [-0.39, 0.29) is 5.91 Å². The molecule has 3 heterocycles. The van der Waals surface area contributed by atoms with Gasteiger partial charge in [-0.15, -0.1) is 0 Å². The Kier molecular flexibility index (Phi) is 4.70. The maximum atomic E-state index is 11.6. The Labute approximate surface area is 130 Å². The van der Waals surface area contributed by atoms with Gasteiger partial charge in [-0.2, -0.15) is 0 Å². The lowest BCUT2D eigenvalue weighted by molar-refractivity contribution is -0.121. The second-order valence-electron chi connectivity index (χ2n) is 5.73. The highest BCUT2D eigenvalue weighted by atomic mass is 16.5. The molecule has 1 aliphatic heterocycles. The Morgan fingerprint density at radius 3 is 3.27 bits per heavy atom. The van der Waals surface area contributed by atoms with Gasteiger partial charge in [-0.05, 0) is 18.6 Å². The number of nitrogens with one attached hydrogen (secondary N) is 1. The topological polar surface area (TPSA) is 58.9 Å². The number of rotatable bonds is 4. The molecule has 0 radical (unpaired) electrons. The van der Waals surface area contributed by atoms with Gasteiger partial charge in [0.1, 0.15) is 0 Å². The Morgan fingerprint density at radius 1 is 1.50 bits per heavy atom. The van der Waals surface area contributed by atoms with E-state index in [0.717, 1.165) is 30.7 Å². The van der Waals surface area contributed by atoms with Crippen molar-refractivity contribution in [1.82, 2.24) is 19.6 Å². The molecule has 1 amide bonds. The molecule has 1 fully saturated rings. The summed E-state index contributed by atoms with van der Waals surface area (Å²) in [5.41, 5.74) is 2.23. The van der Waals surface area contributed by atoms with Crippen molar-refractivity contribution in [2.45, 2.75) is 6.42 Å². The minimum absolute atomic E-state index is 0.0486. The minimum atomic E-state index is 0.0486. The zero-order valence-corrected chi connectivity index (χ0v) is 12.9. The van der Waals surface area contributed by atoms with E-state index in [0.29, 0.717) is 25.7 Å². The maximum Gasteiger partial charge on any atom is 0.233 e. The van der Waals surface area contributed by atoms with E-state index < -0.39 is 0 Å². The maximum absolute atomic E-state index is 11.6. The van der Waals surface area contributed by atoms with Crippen LogP contribution in [0.2, 0.25) is 0 Å². The van der Waals surface area contributed by atoms with Crippen molar-refractivity contribution in [2.75, 3.05) is 39.9 Å². The highest BCUT2D eigenvalue weighted by Crippen LogP contribution is 2.16. The van der Waals surface area contributed by atoms with E-state index in [2.05, 4.69) is 25.7 Å². The highest BCUT2D eigenvalue weighted by molar-refractivity contribution is 5.77. The monoisotopic (exact) mass is 302 g/mol. The molecule has 0 aromatic carbocycles. The summed E-state index contributed by atoms with van der Waals surface area (Å²) in [6.45, 7) is 3.48. The van der Waals surface area contributed by atoms with E-state index in [9.17, 15) is 4.79 Å². The molecular weight excluding hydrogens is 280 g/mol. The van der Waals surface area contributed by atoms with Gasteiger partial charge < -0.3 is 14.5 Å². The molecule has 1 saturated heterocycles. The van der Waals surface area contributed by atoms with E-state index in [1.165, 1.54) is 0 Å². The van der Waals surface area contributed by atoms with Gasteiger partial charge in [-0.25, -0.2) is 0 Å². The van der Waals surface area contributed by atoms with Crippen LogP contribution in [0.15, 0.2) is 30.7 Å². The van der Waals surface area contributed by atoms with E-state index >= 15 is 0 Å². The van der Waals surface area contributed by atoms with Crippen LogP contribution in [0.3, 0.4) is 0 Å². The molecule has 118 valence electrons. The fourth-order valence-electron chi connectivity index (χ4n) is 2.96. The van der Waals surface area contributed by atoms with E-state index in [1.807, 2.05) is 24.7 Å². The molecule has 6 heteroatoms. The molecule has 22 heavy (non-hydrogen) atoms. The van der Waals surface area contributed by atoms with Gasteiger partial charge in [0.25, 0.3) is 0 Å². The van der Waals surface area contributed by atoms with Crippen LogP contribution in [0.25, 0.3) is 5.52 Å². The lowest BCUT2D eigenvalue weighted by Gasteiger charge is -2.22. The van der Waals surface area contributed by atoms with Crippen LogP contribution in [-0.2, 0) is 16.0 Å². The van der Waals surface area contributed by atoms with Crippen LogP contribution in [0, 0.1) is 5.92 Å². The smallest absolute Gasteiger partial charge is 0.233 e. The van der Waals surface area contributed by atoms with Gasteiger partial charge in [-0.3, -0.25) is 14.7 Å². The highest BCUT2D eigenvalue weighted by Gasteiger charge is 2.21. The number of carbonyl (C=O) groups excluding carboxylic acids is 1. The van der Waals surface area contributed by atoms with Crippen molar-refractivity contribution in [1.29, 1.82) is 0 Å². The minimum Gasteiger partial charge on any atom is -0.380 e. The zero-order valence-electron chi connectivity index (χ0n) is 12.9. The summed E-state index contributed by atoms with van der Waals surface area (Å²) in [6, 6.07) is 4.12. The van der Waals surface area contributed by atoms with Crippen LogP contribution >= 0.6 is 0 Å². The molecule has 0 bridgehead atoms. The number of fused-ring (bicyclic) bond motifs is 1. The fraction of sp³-hybridized carbons (Fsp3) is 0.500. The first-order valence-corrected chi connectivity index (χ1v) is 7.67. The summed E-state index contributed by atoms with van der Waals surface area (Å²) < 4.78 is 7.80. The van der Waals surface area contributed by atoms with Crippen molar-refractivity contribution < 1.29 is 9.53 Å². The fourth-order valence-corrected chi connectivity index (χ4v) is 2.96. The van der Waals surface area contributed by atoms with Gasteiger partial charge >= 0.3 is 0 Å². The summed E-state index contributed by atoms with van der Waals surface area (Å²) in [5.74, 6) is 0.397. The number of nitrogens with zero attached hydrogens (tertiary/aromatic N) is 3. The number of likely N-dealkylation sites (N-methyl/N-ethyl adjacent to an activating group) is 1. The van der Waals surface area contributed by atoms with E-state index in [4.69, 9.17) is 4.74 Å². The normalized spacial score (nSPS) is 20.0. The van der Waals surface area contributed by atoms with Crippen molar-refractivity contribution in [3.8, 4) is 0 Å². The number of amides is 1. The number of carbonyl (C=O) groups is 1. The van der Waals surface area contributed by atoms with Crippen LogP contribution in [0.5, 0.6) is 0 Å². The second kappa shape index (κ2) is 6.89. The summed E-state index contributed by atoms with van der Waals surface area (Å²) in [6.07, 6.45) is 6.68. The molecule has 1 atom stereocenters. The summed E-state index contributed by atoms with van der Waals surface area (Å²) in [5, 5.41) is 2.68. The molecule has 1 N–H and O–H groups in total. The molecule has 3 rings (SSSR count). The Morgan fingerprint density at radius 2 is 2.41 bits per heavy atom. The predicted octanol–water partition coefficient (Wildman–Crippen LogP) is 0.571. The Hall–Kier alpha value is -1.92. The van der Waals surface area contributed by atoms with Crippen LogP contribution in [-0.4, -0.2) is 60.1 Å². The third-order valence-corrected chi connectivity index (χ3v) is 4.08. The average molecular weight is 302 g/mol. The third kappa shape index (κ3) is 3.45. The number of hydrogen-bond acceptors (Lipinski definition) is 4. The van der Waals surface area contributed by atoms with E-state index in [1.54, 1.807) is 7.05 Å². The van der Waals surface area contributed by atoms with Crippen molar-refractivity contribution >= 4 is 11.4 Å². The molecule has 2 aromatic heterocycles. The molecule has 1 aliphatic rings. The molecular formula is C16H22N4O2. The van der Waals surface area contributed by atoms with Gasteiger partial charge in [-0.1, -0.05) is 0 Å². The third-order valence-electron chi connectivity index (χ3n) is 4.08. The molecule has 6 nitrogen and oxygen atoms in total. The largest absolute Gasteiger partial charge is 0.380 e. The number of hydrogen-bond donors (Lipinski definition) is 1. The Bertz CT molecular complexity index is 640. The number of ether oxygens (including phenoxy) is 1. The van der Waals surface area contributed by atoms with Gasteiger partial charge in [0, 0.05) is 44.6 Å². The van der Waals surface area contributed by atoms with Crippen LogP contribution < -0.4 is 5.32 Å². The number of aromatic nitrogens is 2. The SMILES string of the molecule is CNC(=O)CN1CCOC[C@H](Cc2nccn3cccc23)C1. The Balaban J connectivity index is 1.70. The van der Waals surface area contributed by atoms with Crippen LogP contribution in [0.1, 0.15) is 5.69 Å². The predicted molar refractivity (Wildman–Crippen MR) is 83.7 cm³/mol. The van der Waals surface area contributed by atoms with Crippen LogP contribution in [0.4, 0.5) is 0 Å². The average Bonchev–Trinajstić information content (AvgIpc) is 2.90. The first-order chi connectivity index (χ1) is 10.8. The molecule has 2 aromatic rings. The standard InChI is InChI=1S/C16H22N4O2/c1-17-16(21)11-19-7-8-22-12-13(10-19)9-14-15-3-2-5-20(15)6-4-18-14/h2-6,13H,7-12H2,1H3,(H,17,21)/t13-/m1/s1. The summed E-state index contributed by atoms with van der Waals surface area (Å²) in [4.78, 5) is 18.3. The molecule has 0 saturated carbocycles. The van der Waals surface area contributed by atoms with Gasteiger partial charge in [0.05, 0.1) is 31.0 Å². The van der Waals surface area contributed by atoms with Crippen molar-refractivity contribution in [2.24, 2.45) is 5.92 Å². The van der Waals surface area contributed by atoms with Gasteiger partial charge in [0.15, 0.2) is 0 Å². The summed E-state index contributed by atoms with van der Waals surface area (Å²) in [7, 11) is 1.67. The van der Waals surface area contributed by atoms with Crippen molar-refractivity contribution in [3.05, 3.63) is 36.4 Å².